The second-order valence-corrected chi connectivity index (χ2v) is 11.0. The molecule has 6 rings (SSSR count). The van der Waals surface area contributed by atoms with E-state index in [4.69, 9.17) is 18.9 Å². The van der Waals surface area contributed by atoms with Crippen molar-refractivity contribution in [2.45, 2.75) is 25.7 Å². The Balaban J connectivity index is 0.000000188. The summed E-state index contributed by atoms with van der Waals surface area (Å²) in [7, 11) is 3.10. The van der Waals surface area contributed by atoms with Gasteiger partial charge < -0.3 is 29.6 Å². The number of amides is 2. The molecular formula is C38H38N2O8. The fourth-order valence-corrected chi connectivity index (χ4v) is 5.85. The smallest absolute Gasteiger partial charge is 0.338 e. The summed E-state index contributed by atoms with van der Waals surface area (Å²) in [4.78, 5) is 48.7. The molecule has 0 aromatic heterocycles. The van der Waals surface area contributed by atoms with Gasteiger partial charge in [0, 0.05) is 37.1 Å². The minimum Gasteiger partial charge on any atom is -0.491 e. The number of carbonyl (C=O) groups is 4. The van der Waals surface area contributed by atoms with E-state index in [1.54, 1.807) is 40.1 Å². The summed E-state index contributed by atoms with van der Waals surface area (Å²) in [5, 5.41) is 5.19. The lowest BCUT2D eigenvalue weighted by Gasteiger charge is -2.12. The van der Waals surface area contributed by atoms with E-state index in [-0.39, 0.29) is 36.9 Å². The second-order valence-electron chi connectivity index (χ2n) is 11.0. The first kappa shape index (κ1) is 33.7. The minimum atomic E-state index is -0.441. The Labute approximate surface area is 279 Å². The van der Waals surface area contributed by atoms with E-state index in [1.807, 2.05) is 60.7 Å². The monoisotopic (exact) mass is 650 g/mol. The molecule has 2 N–H and O–H groups in total. The zero-order chi connectivity index (χ0) is 34.2. The van der Waals surface area contributed by atoms with Gasteiger partial charge in [0.2, 0.25) is 0 Å². The number of carbonyl (C=O) groups excluding carboxylic acids is 4. The molecular weight excluding hydrogens is 612 g/mol. The first-order valence-electron chi connectivity index (χ1n) is 15.8. The number of fused-ring (bicyclic) bond motifs is 2. The van der Waals surface area contributed by atoms with Crippen molar-refractivity contribution >= 4 is 23.8 Å². The predicted molar refractivity (Wildman–Crippen MR) is 179 cm³/mol. The van der Waals surface area contributed by atoms with Gasteiger partial charge in [-0.1, -0.05) is 60.7 Å². The molecule has 0 saturated carbocycles. The van der Waals surface area contributed by atoms with Crippen molar-refractivity contribution in [2.24, 2.45) is 0 Å². The van der Waals surface area contributed by atoms with E-state index < -0.39 is 11.9 Å². The Morgan fingerprint density at radius 2 is 1.00 bits per heavy atom. The van der Waals surface area contributed by atoms with E-state index in [0.717, 1.165) is 22.3 Å². The van der Waals surface area contributed by atoms with E-state index in [9.17, 15) is 19.2 Å². The number of benzene rings is 4. The van der Waals surface area contributed by atoms with Gasteiger partial charge in [0.1, 0.15) is 11.5 Å². The van der Waals surface area contributed by atoms with Crippen molar-refractivity contribution in [3.8, 4) is 11.5 Å². The van der Waals surface area contributed by atoms with Gasteiger partial charge in [0.15, 0.2) is 0 Å². The SMILES string of the molecule is CCOC(=O)c1cc(C(=O)NC)c2c(c1)[C@@H](c1ccccc1)CO2.CCOC(=O)c1cc(C(=O)NC)c2c(c1)[C@H](c1ccccc1)CO2. The highest BCUT2D eigenvalue weighted by Crippen LogP contribution is 2.42. The lowest BCUT2D eigenvalue weighted by Crippen LogP contribution is -2.19. The molecule has 48 heavy (non-hydrogen) atoms. The molecule has 4 aromatic carbocycles. The van der Waals surface area contributed by atoms with Gasteiger partial charge in [-0.2, -0.15) is 0 Å². The summed E-state index contributed by atoms with van der Waals surface area (Å²) in [5.74, 6) is -0.406. The number of nitrogens with one attached hydrogen (secondary N) is 2. The standard InChI is InChI=1S/2C19H19NO4/c2*1-3-23-19(22)13-9-14-16(12-7-5-4-6-8-12)11-24-17(14)15(10-13)18(21)20-2/h2*4-10,16H,3,11H2,1-2H3,(H,20,21)/t2*16-/m10/s1. The first-order chi connectivity index (χ1) is 23.3. The molecule has 2 aliphatic rings. The molecule has 10 nitrogen and oxygen atoms in total. The van der Waals surface area contributed by atoms with Crippen LogP contribution in [0, 0.1) is 0 Å². The molecule has 0 fully saturated rings. The molecule has 0 unspecified atom stereocenters. The second kappa shape index (κ2) is 15.3. The molecule has 4 aromatic rings. The normalized spacial score (nSPS) is 15.3. The topological polar surface area (TPSA) is 129 Å². The molecule has 0 bridgehead atoms. The maximum atomic E-state index is 12.2. The maximum absolute atomic E-state index is 12.2. The van der Waals surface area contributed by atoms with Gasteiger partial charge in [-0.3, -0.25) is 9.59 Å². The van der Waals surface area contributed by atoms with Crippen molar-refractivity contribution in [1.29, 1.82) is 0 Å². The van der Waals surface area contributed by atoms with Gasteiger partial charge in [-0.25, -0.2) is 9.59 Å². The molecule has 0 spiro atoms. The van der Waals surface area contributed by atoms with Crippen LogP contribution in [0.1, 0.15) is 89.4 Å². The Kier molecular flexibility index (Phi) is 10.7. The van der Waals surface area contributed by atoms with Crippen molar-refractivity contribution in [3.63, 3.8) is 0 Å². The average Bonchev–Trinajstić information content (AvgIpc) is 3.76. The zero-order valence-electron chi connectivity index (χ0n) is 27.3. The minimum absolute atomic E-state index is 0.0148. The predicted octanol–water partition coefficient (Wildman–Crippen LogP) is 5.49. The van der Waals surface area contributed by atoms with Gasteiger partial charge in [-0.15, -0.1) is 0 Å². The van der Waals surface area contributed by atoms with Crippen LogP contribution in [0.15, 0.2) is 84.9 Å². The lowest BCUT2D eigenvalue weighted by atomic mass is 9.90. The van der Waals surface area contributed by atoms with Crippen LogP contribution in [-0.2, 0) is 9.47 Å². The highest BCUT2D eigenvalue weighted by Gasteiger charge is 2.33. The van der Waals surface area contributed by atoms with Crippen LogP contribution in [0.5, 0.6) is 11.5 Å². The van der Waals surface area contributed by atoms with Crippen molar-refractivity contribution in [3.05, 3.63) is 129 Å². The number of rotatable bonds is 8. The number of ether oxygens (including phenoxy) is 4. The van der Waals surface area contributed by atoms with E-state index in [0.29, 0.717) is 47.0 Å². The molecule has 2 amide bonds. The average molecular weight is 651 g/mol. The van der Waals surface area contributed by atoms with Gasteiger partial charge in [0.05, 0.1) is 48.7 Å². The van der Waals surface area contributed by atoms with Crippen LogP contribution >= 0.6 is 0 Å². The van der Waals surface area contributed by atoms with E-state index >= 15 is 0 Å². The third-order valence-corrected chi connectivity index (χ3v) is 8.14. The molecule has 0 saturated heterocycles. The van der Waals surface area contributed by atoms with Crippen LogP contribution in [0.3, 0.4) is 0 Å². The van der Waals surface area contributed by atoms with E-state index in [2.05, 4.69) is 10.6 Å². The zero-order valence-corrected chi connectivity index (χ0v) is 27.3. The summed E-state index contributed by atoms with van der Waals surface area (Å²) in [6.45, 7) is 4.94. The summed E-state index contributed by atoms with van der Waals surface area (Å²) < 4.78 is 21.8. The van der Waals surface area contributed by atoms with Gasteiger partial charge in [0.25, 0.3) is 11.8 Å². The highest BCUT2D eigenvalue weighted by atomic mass is 16.5. The third kappa shape index (κ3) is 7.02. The Hall–Kier alpha value is -5.64. The largest absolute Gasteiger partial charge is 0.491 e. The van der Waals surface area contributed by atoms with Crippen LogP contribution in [0.4, 0.5) is 0 Å². The molecule has 0 aliphatic carbocycles. The summed E-state index contributed by atoms with van der Waals surface area (Å²) in [6.07, 6.45) is 0. The van der Waals surface area contributed by atoms with E-state index in [1.165, 1.54) is 12.1 Å². The third-order valence-electron chi connectivity index (χ3n) is 8.14. The summed E-state index contributed by atoms with van der Waals surface area (Å²) in [5.41, 5.74) is 5.28. The molecule has 248 valence electrons. The van der Waals surface area contributed by atoms with Gasteiger partial charge in [-0.05, 0) is 49.2 Å². The fraction of sp³-hybridized carbons (Fsp3) is 0.263. The van der Waals surface area contributed by atoms with Crippen molar-refractivity contribution in [1.82, 2.24) is 10.6 Å². The Morgan fingerprint density at radius 3 is 1.33 bits per heavy atom. The lowest BCUT2D eigenvalue weighted by molar-refractivity contribution is 0.0516. The fourth-order valence-electron chi connectivity index (χ4n) is 5.85. The Bertz CT molecular complexity index is 1670. The van der Waals surface area contributed by atoms with Crippen LogP contribution < -0.4 is 20.1 Å². The molecule has 10 heteroatoms. The van der Waals surface area contributed by atoms with Crippen molar-refractivity contribution in [2.75, 3.05) is 40.5 Å². The number of esters is 2. The number of hydrogen-bond acceptors (Lipinski definition) is 8. The van der Waals surface area contributed by atoms with Crippen LogP contribution in [-0.4, -0.2) is 64.3 Å². The molecule has 2 atom stereocenters. The van der Waals surface area contributed by atoms with Crippen LogP contribution in [0.2, 0.25) is 0 Å². The quantitative estimate of drug-likeness (QED) is 0.240. The highest BCUT2D eigenvalue weighted by molar-refractivity contribution is 6.02. The first-order valence-corrected chi connectivity index (χ1v) is 15.8. The molecule has 0 radical (unpaired) electrons. The number of hydrogen-bond donors (Lipinski definition) is 2. The van der Waals surface area contributed by atoms with Gasteiger partial charge >= 0.3 is 11.9 Å². The summed E-state index contributed by atoms with van der Waals surface area (Å²) >= 11 is 0. The maximum Gasteiger partial charge on any atom is 0.338 e. The molecule has 2 aliphatic heterocycles. The summed E-state index contributed by atoms with van der Waals surface area (Å²) in [6, 6.07) is 26.4. The molecule has 2 heterocycles. The van der Waals surface area contributed by atoms with Crippen molar-refractivity contribution < 1.29 is 38.1 Å². The Morgan fingerprint density at radius 1 is 0.625 bits per heavy atom. The van der Waals surface area contributed by atoms with Crippen LogP contribution in [0.25, 0.3) is 0 Å².